The van der Waals surface area contributed by atoms with Crippen LogP contribution in [0.5, 0.6) is 0 Å². The first-order valence-corrected chi connectivity index (χ1v) is 7.98. The fraction of sp³-hybridized carbons (Fsp3) is 0.692. The normalized spacial score (nSPS) is 20.3. The Morgan fingerprint density at radius 2 is 2.26 bits per heavy atom. The summed E-state index contributed by atoms with van der Waals surface area (Å²) in [6.07, 6.45) is 6.17. The molecule has 0 spiro atoms. The Balaban J connectivity index is 1.48. The summed E-state index contributed by atoms with van der Waals surface area (Å²) in [5, 5.41) is 4.00. The Bertz CT molecular complexity index is 442. The Morgan fingerprint density at radius 3 is 3.11 bits per heavy atom. The summed E-state index contributed by atoms with van der Waals surface area (Å²) in [5.41, 5.74) is 0. The summed E-state index contributed by atoms with van der Waals surface area (Å²) < 4.78 is 2.13. The third-order valence-electron chi connectivity index (χ3n) is 3.83. The molecule has 3 heterocycles. The molecule has 0 unspecified atom stereocenters. The first-order valence-electron chi connectivity index (χ1n) is 6.93. The molecule has 104 valence electrons. The van der Waals surface area contributed by atoms with Crippen LogP contribution in [0.2, 0.25) is 0 Å². The molecule has 0 radical (unpaired) electrons. The minimum atomic E-state index is 0.262. The lowest BCUT2D eigenvalue weighted by molar-refractivity contribution is -0.129. The number of thioether (sulfide) groups is 1. The van der Waals surface area contributed by atoms with Gasteiger partial charge in [-0.15, -0.1) is 11.8 Å². The lowest BCUT2D eigenvalue weighted by atomic mass is 10.2. The first kappa shape index (κ1) is 13.0. The van der Waals surface area contributed by atoms with Gasteiger partial charge in [-0.1, -0.05) is 0 Å². The largest absolute Gasteiger partial charge is 0.333 e. The molecule has 1 fully saturated rings. The number of nitrogens with zero attached hydrogens (tertiary/aromatic N) is 3. The van der Waals surface area contributed by atoms with Gasteiger partial charge in [0.2, 0.25) is 5.91 Å². The Kier molecular flexibility index (Phi) is 4.08. The number of carbonyl (C=O) groups is 1. The quantitative estimate of drug-likeness (QED) is 0.886. The van der Waals surface area contributed by atoms with E-state index in [1.807, 2.05) is 29.1 Å². The molecule has 1 aromatic rings. The maximum Gasteiger partial charge on any atom is 0.233 e. The van der Waals surface area contributed by atoms with E-state index >= 15 is 0 Å². The van der Waals surface area contributed by atoms with Crippen LogP contribution in [0.1, 0.15) is 18.7 Å². The summed E-state index contributed by atoms with van der Waals surface area (Å²) >= 11 is 1.82. The standard InChI is InChI=1S/C13H20N4OS/c18-13(10-19-11-1-3-14-4-2-11)17-8-7-16-6-5-15-12(16)9-17/h5-6,11,14H,1-4,7-10H2. The SMILES string of the molecule is O=C(CSC1CCNCC1)N1CCn2ccnc2C1. The molecule has 1 aromatic heterocycles. The topological polar surface area (TPSA) is 50.2 Å². The van der Waals surface area contributed by atoms with Gasteiger partial charge in [0.25, 0.3) is 0 Å². The number of aromatic nitrogens is 2. The zero-order valence-electron chi connectivity index (χ0n) is 11.0. The third kappa shape index (κ3) is 3.12. The monoisotopic (exact) mass is 280 g/mol. The number of fused-ring (bicyclic) bond motifs is 1. The van der Waals surface area contributed by atoms with E-state index in [2.05, 4.69) is 14.9 Å². The van der Waals surface area contributed by atoms with Crippen LogP contribution in [0, 0.1) is 0 Å². The fourth-order valence-electron chi connectivity index (χ4n) is 2.63. The van der Waals surface area contributed by atoms with Crippen LogP contribution < -0.4 is 5.32 Å². The van der Waals surface area contributed by atoms with Gasteiger partial charge in [0, 0.05) is 30.7 Å². The van der Waals surface area contributed by atoms with Gasteiger partial charge in [0.1, 0.15) is 5.82 Å². The van der Waals surface area contributed by atoms with Gasteiger partial charge in [-0.05, 0) is 25.9 Å². The first-order chi connectivity index (χ1) is 9.33. The second-order valence-electron chi connectivity index (χ2n) is 5.11. The molecule has 0 aromatic carbocycles. The Labute approximate surface area is 117 Å². The zero-order chi connectivity index (χ0) is 13.1. The molecule has 3 rings (SSSR count). The van der Waals surface area contributed by atoms with Gasteiger partial charge in [-0.25, -0.2) is 4.98 Å². The highest BCUT2D eigenvalue weighted by Gasteiger charge is 2.22. The second-order valence-corrected chi connectivity index (χ2v) is 6.40. The van der Waals surface area contributed by atoms with Crippen molar-refractivity contribution in [2.24, 2.45) is 0 Å². The van der Waals surface area contributed by atoms with Crippen molar-refractivity contribution >= 4 is 17.7 Å². The number of hydrogen-bond donors (Lipinski definition) is 1. The van der Waals surface area contributed by atoms with Crippen LogP contribution in [0.25, 0.3) is 0 Å². The summed E-state index contributed by atoms with van der Waals surface area (Å²) in [7, 11) is 0. The highest BCUT2D eigenvalue weighted by molar-refractivity contribution is 8.00. The summed E-state index contributed by atoms with van der Waals surface area (Å²) in [6, 6.07) is 0. The molecule has 6 heteroatoms. The van der Waals surface area contributed by atoms with Gasteiger partial charge < -0.3 is 14.8 Å². The summed E-state index contributed by atoms with van der Waals surface area (Å²) in [5.74, 6) is 1.88. The predicted octanol–water partition coefficient (Wildman–Crippen LogP) is 0.710. The molecule has 0 saturated carbocycles. The molecule has 19 heavy (non-hydrogen) atoms. The lowest BCUT2D eigenvalue weighted by Gasteiger charge is -2.28. The molecular weight excluding hydrogens is 260 g/mol. The average Bonchev–Trinajstić information content (AvgIpc) is 2.93. The Hall–Kier alpha value is -1.01. The van der Waals surface area contributed by atoms with Crippen molar-refractivity contribution in [3.05, 3.63) is 18.2 Å². The molecule has 2 aliphatic heterocycles. The molecule has 1 saturated heterocycles. The molecule has 5 nitrogen and oxygen atoms in total. The average molecular weight is 280 g/mol. The van der Waals surface area contributed by atoms with E-state index in [0.717, 1.165) is 32.0 Å². The van der Waals surface area contributed by atoms with Crippen LogP contribution in [-0.4, -0.2) is 51.0 Å². The Morgan fingerprint density at radius 1 is 1.42 bits per heavy atom. The minimum absolute atomic E-state index is 0.262. The molecule has 2 aliphatic rings. The van der Waals surface area contributed by atoms with Gasteiger partial charge in [-0.2, -0.15) is 0 Å². The van der Waals surface area contributed by atoms with Crippen LogP contribution in [0.15, 0.2) is 12.4 Å². The van der Waals surface area contributed by atoms with Crippen molar-refractivity contribution < 1.29 is 4.79 Å². The van der Waals surface area contributed by atoms with Crippen molar-refractivity contribution in [1.29, 1.82) is 0 Å². The van der Waals surface area contributed by atoms with Crippen molar-refractivity contribution in [3.8, 4) is 0 Å². The van der Waals surface area contributed by atoms with Crippen molar-refractivity contribution in [1.82, 2.24) is 19.8 Å². The van der Waals surface area contributed by atoms with E-state index in [4.69, 9.17) is 0 Å². The third-order valence-corrected chi connectivity index (χ3v) is 5.18. The number of imidazole rings is 1. The smallest absolute Gasteiger partial charge is 0.233 e. The predicted molar refractivity (Wildman–Crippen MR) is 76.0 cm³/mol. The molecule has 1 N–H and O–H groups in total. The van der Waals surface area contributed by atoms with E-state index in [0.29, 0.717) is 17.5 Å². The maximum absolute atomic E-state index is 12.2. The molecule has 0 bridgehead atoms. The molecular formula is C13H20N4OS. The molecule has 1 amide bonds. The van der Waals surface area contributed by atoms with Gasteiger partial charge in [-0.3, -0.25) is 4.79 Å². The number of amides is 1. The van der Waals surface area contributed by atoms with E-state index in [-0.39, 0.29) is 5.91 Å². The number of carbonyl (C=O) groups excluding carboxylic acids is 1. The maximum atomic E-state index is 12.2. The van der Waals surface area contributed by atoms with Gasteiger partial charge >= 0.3 is 0 Å². The van der Waals surface area contributed by atoms with Crippen LogP contribution in [0.3, 0.4) is 0 Å². The van der Waals surface area contributed by atoms with Gasteiger partial charge in [0.05, 0.1) is 12.3 Å². The highest BCUT2D eigenvalue weighted by Crippen LogP contribution is 2.21. The number of rotatable bonds is 3. The number of hydrogen-bond acceptors (Lipinski definition) is 4. The molecule has 0 aliphatic carbocycles. The fourth-order valence-corrected chi connectivity index (χ4v) is 3.76. The van der Waals surface area contributed by atoms with Crippen molar-refractivity contribution in [2.45, 2.75) is 31.2 Å². The zero-order valence-corrected chi connectivity index (χ0v) is 11.9. The van der Waals surface area contributed by atoms with Crippen LogP contribution in [0.4, 0.5) is 0 Å². The van der Waals surface area contributed by atoms with Gasteiger partial charge in [0.15, 0.2) is 0 Å². The second kappa shape index (κ2) is 5.96. The molecule has 0 atom stereocenters. The van der Waals surface area contributed by atoms with E-state index in [1.165, 1.54) is 12.8 Å². The van der Waals surface area contributed by atoms with E-state index in [1.54, 1.807) is 0 Å². The minimum Gasteiger partial charge on any atom is -0.333 e. The number of nitrogens with one attached hydrogen (secondary N) is 1. The highest BCUT2D eigenvalue weighted by atomic mass is 32.2. The summed E-state index contributed by atoms with van der Waals surface area (Å²) in [4.78, 5) is 18.5. The van der Waals surface area contributed by atoms with Crippen LogP contribution in [-0.2, 0) is 17.9 Å². The van der Waals surface area contributed by atoms with E-state index in [9.17, 15) is 4.79 Å². The summed E-state index contributed by atoms with van der Waals surface area (Å²) in [6.45, 7) is 4.53. The van der Waals surface area contributed by atoms with Crippen LogP contribution >= 0.6 is 11.8 Å². The van der Waals surface area contributed by atoms with E-state index < -0.39 is 0 Å². The van der Waals surface area contributed by atoms with Crippen molar-refractivity contribution in [2.75, 3.05) is 25.4 Å². The lowest BCUT2D eigenvalue weighted by Crippen LogP contribution is -2.39. The van der Waals surface area contributed by atoms with Crippen molar-refractivity contribution in [3.63, 3.8) is 0 Å². The number of piperidine rings is 1.